The van der Waals surface area contributed by atoms with Gasteiger partial charge in [-0.3, -0.25) is 0 Å². The zero-order chi connectivity index (χ0) is 15.4. The Kier molecular flexibility index (Phi) is 5.12. The molecule has 2 aromatic rings. The normalized spacial score (nSPS) is 11.0. The molecule has 0 unspecified atom stereocenters. The van der Waals surface area contributed by atoms with Crippen molar-refractivity contribution in [2.45, 2.75) is 32.6 Å². The quantitative estimate of drug-likeness (QED) is 0.754. The Labute approximate surface area is 129 Å². The van der Waals surface area contributed by atoms with Gasteiger partial charge in [0.15, 0.2) is 0 Å². The molecule has 0 amide bonds. The lowest BCUT2D eigenvalue weighted by Gasteiger charge is -2.25. The highest BCUT2D eigenvalue weighted by Crippen LogP contribution is 2.29. The molecular weight excluding hydrogens is 289 g/mol. The van der Waals surface area contributed by atoms with Gasteiger partial charge in [0, 0.05) is 18.2 Å². The summed E-state index contributed by atoms with van der Waals surface area (Å²) in [6.07, 6.45) is 1.80. The number of alkyl halides is 1. The molecular formula is C16H19ClFN3. The van der Waals surface area contributed by atoms with Crippen molar-refractivity contribution in [2.24, 2.45) is 0 Å². The van der Waals surface area contributed by atoms with E-state index in [0.29, 0.717) is 5.88 Å². The first-order chi connectivity index (χ1) is 10.1. The van der Waals surface area contributed by atoms with Crippen LogP contribution < -0.4 is 4.90 Å². The van der Waals surface area contributed by atoms with E-state index in [1.165, 1.54) is 12.1 Å². The predicted molar refractivity (Wildman–Crippen MR) is 84.8 cm³/mol. The molecule has 2 rings (SSSR count). The van der Waals surface area contributed by atoms with Gasteiger partial charge in [-0.1, -0.05) is 13.8 Å². The molecule has 5 heteroatoms. The summed E-state index contributed by atoms with van der Waals surface area (Å²) in [6, 6.07) is 6.38. The van der Waals surface area contributed by atoms with Crippen LogP contribution in [0.3, 0.4) is 0 Å². The number of nitrogens with zero attached hydrogens (tertiary/aromatic N) is 3. The highest BCUT2D eigenvalue weighted by Gasteiger charge is 2.15. The number of hydrogen-bond donors (Lipinski definition) is 0. The lowest BCUT2D eigenvalue weighted by atomic mass is 10.2. The number of halogens is 2. The minimum Gasteiger partial charge on any atom is -0.339 e. The zero-order valence-electron chi connectivity index (χ0n) is 12.5. The Hall–Kier alpha value is -1.68. The first-order valence-corrected chi connectivity index (χ1v) is 7.55. The summed E-state index contributed by atoms with van der Waals surface area (Å²) in [6.45, 7) is 6.84. The molecule has 0 fully saturated rings. The Balaban J connectivity index is 2.44. The van der Waals surface area contributed by atoms with Crippen molar-refractivity contribution in [3.63, 3.8) is 0 Å². The maximum atomic E-state index is 13.1. The highest BCUT2D eigenvalue weighted by molar-refractivity contribution is 6.17. The van der Waals surface area contributed by atoms with Crippen molar-refractivity contribution < 1.29 is 4.39 Å². The van der Waals surface area contributed by atoms with E-state index in [4.69, 9.17) is 11.6 Å². The Morgan fingerprint density at radius 1 is 1.24 bits per heavy atom. The second-order valence-electron chi connectivity index (χ2n) is 5.07. The minimum atomic E-state index is -0.251. The number of aromatic nitrogens is 2. The minimum absolute atomic E-state index is 0.251. The van der Waals surface area contributed by atoms with Gasteiger partial charge in [0.1, 0.15) is 11.6 Å². The summed E-state index contributed by atoms with van der Waals surface area (Å²) in [5, 5.41) is 0. The van der Waals surface area contributed by atoms with Crippen LogP contribution in [0.2, 0.25) is 0 Å². The van der Waals surface area contributed by atoms with Crippen LogP contribution in [0.5, 0.6) is 0 Å². The maximum Gasteiger partial charge on any atom is 0.131 e. The van der Waals surface area contributed by atoms with Crippen molar-refractivity contribution in [1.82, 2.24) is 9.97 Å². The second kappa shape index (κ2) is 6.85. The molecule has 0 aliphatic carbocycles. The molecule has 0 saturated heterocycles. The fourth-order valence-electron chi connectivity index (χ4n) is 2.14. The van der Waals surface area contributed by atoms with Crippen molar-refractivity contribution in [2.75, 3.05) is 11.4 Å². The molecule has 1 heterocycles. The van der Waals surface area contributed by atoms with E-state index in [0.717, 1.165) is 29.4 Å². The van der Waals surface area contributed by atoms with Gasteiger partial charge in [0.05, 0.1) is 23.5 Å². The van der Waals surface area contributed by atoms with Gasteiger partial charge in [-0.2, -0.15) is 0 Å². The molecule has 0 saturated carbocycles. The van der Waals surface area contributed by atoms with E-state index >= 15 is 0 Å². The van der Waals surface area contributed by atoms with Crippen LogP contribution in [0, 0.1) is 5.82 Å². The summed E-state index contributed by atoms with van der Waals surface area (Å²) >= 11 is 6.05. The molecule has 0 radical (unpaired) electrons. The summed E-state index contributed by atoms with van der Waals surface area (Å²) < 4.78 is 13.1. The van der Waals surface area contributed by atoms with Crippen molar-refractivity contribution in [3.8, 4) is 0 Å². The topological polar surface area (TPSA) is 29.0 Å². The second-order valence-corrected chi connectivity index (χ2v) is 5.34. The van der Waals surface area contributed by atoms with Crippen molar-refractivity contribution >= 4 is 23.0 Å². The van der Waals surface area contributed by atoms with Crippen LogP contribution >= 0.6 is 11.6 Å². The first-order valence-electron chi connectivity index (χ1n) is 7.01. The van der Waals surface area contributed by atoms with Gasteiger partial charge in [-0.25, -0.2) is 14.4 Å². The largest absolute Gasteiger partial charge is 0.339 e. The van der Waals surface area contributed by atoms with E-state index in [2.05, 4.69) is 9.97 Å². The number of anilines is 2. The van der Waals surface area contributed by atoms with E-state index in [1.54, 1.807) is 18.3 Å². The molecule has 0 aliphatic rings. The molecule has 0 atom stereocenters. The van der Waals surface area contributed by atoms with E-state index in [9.17, 15) is 4.39 Å². The van der Waals surface area contributed by atoms with Crippen LogP contribution in [0.15, 0.2) is 30.5 Å². The number of benzene rings is 1. The van der Waals surface area contributed by atoms with Crippen LogP contribution in [-0.2, 0) is 5.88 Å². The summed E-state index contributed by atoms with van der Waals surface area (Å²) in [7, 11) is 0. The lowest BCUT2D eigenvalue weighted by Crippen LogP contribution is -2.19. The van der Waals surface area contributed by atoms with E-state index in [-0.39, 0.29) is 11.7 Å². The molecule has 1 aromatic carbocycles. The molecule has 0 aliphatic heterocycles. The van der Waals surface area contributed by atoms with Crippen molar-refractivity contribution in [3.05, 3.63) is 47.8 Å². The molecule has 21 heavy (non-hydrogen) atoms. The fourth-order valence-corrected chi connectivity index (χ4v) is 2.34. The average molecular weight is 308 g/mol. The Bertz CT molecular complexity index is 599. The third-order valence-corrected chi connectivity index (χ3v) is 3.51. The number of rotatable bonds is 5. The van der Waals surface area contributed by atoms with Crippen molar-refractivity contribution in [1.29, 1.82) is 0 Å². The smallest absolute Gasteiger partial charge is 0.131 e. The van der Waals surface area contributed by atoms with Gasteiger partial charge in [-0.15, -0.1) is 11.6 Å². The molecule has 0 spiro atoms. The van der Waals surface area contributed by atoms with E-state index < -0.39 is 0 Å². The van der Waals surface area contributed by atoms with Gasteiger partial charge in [-0.05, 0) is 31.2 Å². The fraction of sp³-hybridized carbons (Fsp3) is 0.375. The van der Waals surface area contributed by atoms with Crippen LogP contribution in [0.4, 0.5) is 15.8 Å². The molecule has 0 N–H and O–H groups in total. The van der Waals surface area contributed by atoms with E-state index in [1.807, 2.05) is 25.7 Å². The predicted octanol–water partition coefficient (Wildman–Crippen LogP) is 4.64. The molecule has 1 aromatic heterocycles. The van der Waals surface area contributed by atoms with Gasteiger partial charge >= 0.3 is 0 Å². The molecule has 112 valence electrons. The van der Waals surface area contributed by atoms with Crippen LogP contribution in [-0.4, -0.2) is 16.5 Å². The van der Waals surface area contributed by atoms with Crippen LogP contribution in [0.1, 0.15) is 38.2 Å². The summed E-state index contributed by atoms with van der Waals surface area (Å²) in [4.78, 5) is 11.0. The van der Waals surface area contributed by atoms with Gasteiger partial charge in [0.2, 0.25) is 0 Å². The number of hydrogen-bond acceptors (Lipinski definition) is 3. The van der Waals surface area contributed by atoms with Gasteiger partial charge < -0.3 is 4.90 Å². The first kappa shape index (κ1) is 15.7. The average Bonchev–Trinajstić information content (AvgIpc) is 2.50. The maximum absolute atomic E-state index is 13.1. The molecule has 3 nitrogen and oxygen atoms in total. The van der Waals surface area contributed by atoms with Gasteiger partial charge in [0.25, 0.3) is 0 Å². The monoisotopic (exact) mass is 307 g/mol. The summed E-state index contributed by atoms with van der Waals surface area (Å²) in [5.41, 5.74) is 2.55. The highest BCUT2D eigenvalue weighted by atomic mass is 35.5. The summed E-state index contributed by atoms with van der Waals surface area (Å²) in [5.74, 6) is 1.10. The third kappa shape index (κ3) is 3.50. The molecule has 0 bridgehead atoms. The Morgan fingerprint density at radius 3 is 2.43 bits per heavy atom. The standard InChI is InChI=1S/C16H19ClFN3/c1-4-21(13-7-5-12(18)6-8-13)15-10-19-16(11(2)3)20-14(15)9-17/h5-8,10-11H,4,9H2,1-3H3. The van der Waals surface area contributed by atoms with Crippen LogP contribution in [0.25, 0.3) is 0 Å². The Morgan fingerprint density at radius 2 is 1.90 bits per heavy atom. The SMILES string of the molecule is CCN(c1ccc(F)cc1)c1cnc(C(C)C)nc1CCl. The third-order valence-electron chi connectivity index (χ3n) is 3.25. The zero-order valence-corrected chi connectivity index (χ0v) is 13.2. The lowest BCUT2D eigenvalue weighted by molar-refractivity contribution is 0.628.